The lowest BCUT2D eigenvalue weighted by molar-refractivity contribution is 0.0136. The Bertz CT molecular complexity index is 659. The summed E-state index contributed by atoms with van der Waals surface area (Å²) in [6.45, 7) is 3.52. The molecule has 24 heavy (non-hydrogen) atoms. The smallest absolute Gasteiger partial charge is 0.124 e. The highest BCUT2D eigenvalue weighted by Gasteiger charge is 2.40. The lowest BCUT2D eigenvalue weighted by atomic mass is 9.95. The summed E-state index contributed by atoms with van der Waals surface area (Å²) in [6, 6.07) is 18.6. The van der Waals surface area contributed by atoms with E-state index in [-0.39, 0.29) is 6.10 Å². The molecule has 2 aromatic carbocycles. The minimum Gasteiger partial charge on any atom is -0.489 e. The first kappa shape index (κ1) is 15.7. The first-order chi connectivity index (χ1) is 11.8. The van der Waals surface area contributed by atoms with Crippen LogP contribution in [-0.4, -0.2) is 29.2 Å². The molecule has 3 heteroatoms. The Kier molecular flexibility index (Phi) is 4.54. The van der Waals surface area contributed by atoms with Gasteiger partial charge in [-0.1, -0.05) is 48.5 Å². The van der Waals surface area contributed by atoms with Crippen LogP contribution in [0.4, 0.5) is 0 Å². The molecule has 2 aliphatic rings. The molecule has 3 atom stereocenters. The van der Waals surface area contributed by atoms with Crippen molar-refractivity contribution in [3.05, 3.63) is 65.7 Å². The van der Waals surface area contributed by atoms with E-state index in [9.17, 15) is 5.11 Å². The molecule has 0 radical (unpaired) electrons. The van der Waals surface area contributed by atoms with E-state index in [2.05, 4.69) is 35.2 Å². The number of rotatable bonds is 5. The minimum atomic E-state index is -0.0779. The fraction of sp³-hybridized carbons (Fsp3) is 0.429. The molecule has 126 valence electrons. The predicted octanol–water partition coefficient (Wildman–Crippen LogP) is 3.47. The largest absolute Gasteiger partial charge is 0.489 e. The van der Waals surface area contributed by atoms with Crippen LogP contribution in [0.3, 0.4) is 0 Å². The monoisotopic (exact) mass is 323 g/mol. The van der Waals surface area contributed by atoms with Gasteiger partial charge in [0.1, 0.15) is 12.4 Å². The molecule has 1 aliphatic heterocycles. The van der Waals surface area contributed by atoms with Crippen LogP contribution in [0, 0.1) is 11.8 Å². The zero-order valence-electron chi connectivity index (χ0n) is 14.0. The Morgan fingerprint density at radius 3 is 2.33 bits per heavy atom. The van der Waals surface area contributed by atoms with Crippen LogP contribution in [0.25, 0.3) is 0 Å². The van der Waals surface area contributed by atoms with Gasteiger partial charge < -0.3 is 9.84 Å². The van der Waals surface area contributed by atoms with Gasteiger partial charge in [0.25, 0.3) is 0 Å². The van der Waals surface area contributed by atoms with Crippen LogP contribution in [0.15, 0.2) is 54.6 Å². The maximum Gasteiger partial charge on any atom is 0.124 e. The number of para-hydroxylation sites is 1. The molecule has 1 heterocycles. The predicted molar refractivity (Wildman–Crippen MR) is 94.7 cm³/mol. The summed E-state index contributed by atoms with van der Waals surface area (Å²) in [4.78, 5) is 2.49. The molecule has 0 amide bonds. The van der Waals surface area contributed by atoms with Crippen LogP contribution in [-0.2, 0) is 13.2 Å². The molecule has 2 bridgehead atoms. The second-order valence-corrected chi connectivity index (χ2v) is 7.16. The molecule has 1 N–H and O–H groups in total. The summed E-state index contributed by atoms with van der Waals surface area (Å²) in [5.74, 6) is 1.89. The van der Waals surface area contributed by atoms with Crippen LogP contribution in [0.1, 0.15) is 24.0 Å². The van der Waals surface area contributed by atoms with Crippen LogP contribution in [0.5, 0.6) is 5.75 Å². The van der Waals surface area contributed by atoms with Crippen molar-refractivity contribution in [3.63, 3.8) is 0 Å². The highest BCUT2D eigenvalue weighted by Crippen LogP contribution is 2.37. The van der Waals surface area contributed by atoms with Crippen molar-refractivity contribution >= 4 is 0 Å². The van der Waals surface area contributed by atoms with Crippen molar-refractivity contribution in [2.75, 3.05) is 13.1 Å². The van der Waals surface area contributed by atoms with E-state index >= 15 is 0 Å². The van der Waals surface area contributed by atoms with Crippen molar-refractivity contribution in [3.8, 4) is 5.75 Å². The second kappa shape index (κ2) is 6.96. The lowest BCUT2D eigenvalue weighted by Crippen LogP contribution is -2.44. The number of ether oxygens (including phenoxy) is 1. The number of piperidine rings is 1. The molecule has 2 aromatic rings. The molecule has 0 aromatic heterocycles. The summed E-state index contributed by atoms with van der Waals surface area (Å²) < 4.78 is 6.08. The molecule has 1 unspecified atom stereocenters. The first-order valence-corrected chi connectivity index (χ1v) is 8.94. The second-order valence-electron chi connectivity index (χ2n) is 7.16. The number of nitrogens with zero attached hydrogens (tertiary/aromatic N) is 1. The van der Waals surface area contributed by atoms with Gasteiger partial charge in [0.05, 0.1) is 6.10 Å². The average Bonchev–Trinajstić information content (AvgIpc) is 2.83. The summed E-state index contributed by atoms with van der Waals surface area (Å²) in [6.07, 6.45) is 2.27. The van der Waals surface area contributed by atoms with E-state index in [0.717, 1.165) is 25.4 Å². The zero-order chi connectivity index (χ0) is 16.4. The third kappa shape index (κ3) is 3.33. The first-order valence-electron chi connectivity index (χ1n) is 8.94. The van der Waals surface area contributed by atoms with Gasteiger partial charge in [0.15, 0.2) is 0 Å². The fourth-order valence-corrected chi connectivity index (χ4v) is 4.17. The lowest BCUT2D eigenvalue weighted by Gasteiger charge is -2.35. The maximum absolute atomic E-state index is 10.2. The van der Waals surface area contributed by atoms with Crippen molar-refractivity contribution < 1.29 is 9.84 Å². The number of aliphatic hydroxyl groups is 1. The normalized spacial score (nSPS) is 26.5. The Morgan fingerprint density at radius 1 is 0.917 bits per heavy atom. The van der Waals surface area contributed by atoms with Crippen molar-refractivity contribution in [2.45, 2.75) is 32.1 Å². The van der Waals surface area contributed by atoms with Gasteiger partial charge in [0, 0.05) is 25.2 Å². The number of fused-ring (bicyclic) bond motifs is 2. The summed E-state index contributed by atoms with van der Waals surface area (Å²) >= 11 is 0. The standard InChI is InChI=1S/C21H25NO2/c23-21-18-10-11-19(21)14-22(13-18)12-17-8-4-5-9-20(17)24-15-16-6-2-1-3-7-16/h1-9,18-19,21,23H,10-15H2/t18-,19+,21?. The Balaban J connectivity index is 1.42. The van der Waals surface area contributed by atoms with E-state index in [1.165, 1.54) is 24.0 Å². The molecule has 1 saturated carbocycles. The van der Waals surface area contributed by atoms with E-state index in [0.29, 0.717) is 18.4 Å². The average molecular weight is 323 g/mol. The van der Waals surface area contributed by atoms with Crippen LogP contribution < -0.4 is 4.74 Å². The van der Waals surface area contributed by atoms with Crippen molar-refractivity contribution in [1.82, 2.24) is 4.90 Å². The van der Waals surface area contributed by atoms with E-state index in [1.807, 2.05) is 24.3 Å². The molecule has 4 rings (SSSR count). The van der Waals surface area contributed by atoms with Gasteiger partial charge in [0.2, 0.25) is 0 Å². The molecule has 3 nitrogen and oxygen atoms in total. The molecule has 1 aliphatic carbocycles. The Morgan fingerprint density at radius 2 is 1.58 bits per heavy atom. The molecule has 2 fully saturated rings. The third-order valence-corrected chi connectivity index (χ3v) is 5.46. The number of hydrogen-bond donors (Lipinski definition) is 1. The quantitative estimate of drug-likeness (QED) is 0.914. The molecule has 1 saturated heterocycles. The topological polar surface area (TPSA) is 32.7 Å². The molecular formula is C21H25NO2. The SMILES string of the molecule is OC1[C@@H]2CC[C@H]1CN(Cc1ccccc1OCc1ccccc1)C2. The van der Waals surface area contributed by atoms with Crippen molar-refractivity contribution in [1.29, 1.82) is 0 Å². The highest BCUT2D eigenvalue weighted by molar-refractivity contribution is 5.33. The van der Waals surface area contributed by atoms with Gasteiger partial charge in [-0.15, -0.1) is 0 Å². The summed E-state index contributed by atoms with van der Waals surface area (Å²) in [7, 11) is 0. The molecular weight excluding hydrogens is 298 g/mol. The third-order valence-electron chi connectivity index (χ3n) is 5.46. The van der Waals surface area contributed by atoms with E-state index in [4.69, 9.17) is 4.74 Å². The van der Waals surface area contributed by atoms with Gasteiger partial charge in [-0.25, -0.2) is 0 Å². The summed E-state index contributed by atoms with van der Waals surface area (Å²) in [5.41, 5.74) is 2.43. The fourth-order valence-electron chi connectivity index (χ4n) is 4.17. The van der Waals surface area contributed by atoms with Gasteiger partial charge >= 0.3 is 0 Å². The molecule has 0 spiro atoms. The van der Waals surface area contributed by atoms with Gasteiger partial charge in [-0.3, -0.25) is 4.90 Å². The van der Waals surface area contributed by atoms with E-state index < -0.39 is 0 Å². The maximum atomic E-state index is 10.2. The highest BCUT2D eigenvalue weighted by atomic mass is 16.5. The number of hydrogen-bond acceptors (Lipinski definition) is 3. The minimum absolute atomic E-state index is 0.0779. The van der Waals surface area contributed by atoms with Crippen molar-refractivity contribution in [2.24, 2.45) is 11.8 Å². The van der Waals surface area contributed by atoms with E-state index in [1.54, 1.807) is 0 Å². The van der Waals surface area contributed by atoms with Crippen LogP contribution >= 0.6 is 0 Å². The van der Waals surface area contributed by atoms with Gasteiger partial charge in [-0.05, 0) is 36.3 Å². The number of aliphatic hydroxyl groups excluding tert-OH is 1. The Hall–Kier alpha value is -1.84. The van der Waals surface area contributed by atoms with Crippen LogP contribution in [0.2, 0.25) is 0 Å². The number of likely N-dealkylation sites (tertiary alicyclic amines) is 1. The van der Waals surface area contributed by atoms with Gasteiger partial charge in [-0.2, -0.15) is 0 Å². The summed E-state index contributed by atoms with van der Waals surface area (Å²) in [5, 5.41) is 10.2. The Labute approximate surface area is 143 Å². The zero-order valence-corrected chi connectivity index (χ0v) is 14.0. The number of benzene rings is 2.